The molecule has 0 aliphatic carbocycles. The van der Waals surface area contributed by atoms with Crippen molar-refractivity contribution < 1.29 is 9.59 Å². The number of nitrogens with two attached hydrogens (primary N) is 1. The number of piperidine rings is 1. The predicted molar refractivity (Wildman–Crippen MR) is 96.4 cm³/mol. The van der Waals surface area contributed by atoms with Crippen LogP contribution in [0.2, 0.25) is 0 Å². The van der Waals surface area contributed by atoms with Gasteiger partial charge in [-0.25, -0.2) is 4.98 Å². The van der Waals surface area contributed by atoms with Crippen LogP contribution in [0.25, 0.3) is 0 Å². The minimum Gasteiger partial charge on any atom is -0.357 e. The second kappa shape index (κ2) is 8.29. The highest BCUT2D eigenvalue weighted by Gasteiger charge is 2.29. The van der Waals surface area contributed by atoms with Gasteiger partial charge in [0.2, 0.25) is 5.91 Å². The SMILES string of the molecule is NCCNC(=O)C1CCCN(C(=O)c2ccc(N3CCCC3)nc2)C1. The van der Waals surface area contributed by atoms with Crippen molar-refractivity contribution in [3.63, 3.8) is 0 Å². The first-order valence-electron chi connectivity index (χ1n) is 9.17. The Bertz CT molecular complexity index is 598. The number of carbonyl (C=O) groups is 2. The first-order chi connectivity index (χ1) is 12.2. The van der Waals surface area contributed by atoms with Crippen LogP contribution in [0.4, 0.5) is 5.82 Å². The van der Waals surface area contributed by atoms with Gasteiger partial charge in [0.25, 0.3) is 5.91 Å². The van der Waals surface area contributed by atoms with Crippen LogP contribution in [0, 0.1) is 5.92 Å². The molecule has 0 bridgehead atoms. The Morgan fingerprint density at radius 1 is 1.20 bits per heavy atom. The van der Waals surface area contributed by atoms with Crippen molar-refractivity contribution in [2.24, 2.45) is 11.7 Å². The zero-order valence-corrected chi connectivity index (χ0v) is 14.6. The third kappa shape index (κ3) is 4.28. The van der Waals surface area contributed by atoms with Crippen LogP contribution >= 0.6 is 0 Å². The van der Waals surface area contributed by atoms with Crippen molar-refractivity contribution in [2.45, 2.75) is 25.7 Å². The van der Waals surface area contributed by atoms with Gasteiger partial charge in [-0.2, -0.15) is 0 Å². The zero-order valence-electron chi connectivity index (χ0n) is 14.6. The van der Waals surface area contributed by atoms with Crippen LogP contribution in [0.1, 0.15) is 36.0 Å². The molecule has 2 saturated heterocycles. The summed E-state index contributed by atoms with van der Waals surface area (Å²) in [5, 5.41) is 2.82. The standard InChI is InChI=1S/C18H27N5O2/c19-7-8-20-17(24)15-4-3-11-23(13-15)18(25)14-5-6-16(21-12-14)22-9-1-2-10-22/h5-6,12,15H,1-4,7-11,13,19H2,(H,20,24). The van der Waals surface area contributed by atoms with Crippen molar-refractivity contribution >= 4 is 17.6 Å². The van der Waals surface area contributed by atoms with Crippen LogP contribution in [0.3, 0.4) is 0 Å². The highest BCUT2D eigenvalue weighted by atomic mass is 16.2. The van der Waals surface area contributed by atoms with Gasteiger partial charge < -0.3 is 20.9 Å². The largest absolute Gasteiger partial charge is 0.357 e. The molecule has 2 aliphatic heterocycles. The third-order valence-electron chi connectivity index (χ3n) is 4.95. The number of carbonyl (C=O) groups excluding carboxylic acids is 2. The lowest BCUT2D eigenvalue weighted by molar-refractivity contribution is -0.126. The summed E-state index contributed by atoms with van der Waals surface area (Å²) in [6.07, 6.45) is 5.71. The van der Waals surface area contributed by atoms with E-state index in [0.717, 1.165) is 31.7 Å². The maximum Gasteiger partial charge on any atom is 0.255 e. The Morgan fingerprint density at radius 2 is 2.00 bits per heavy atom. The van der Waals surface area contributed by atoms with E-state index in [1.807, 2.05) is 12.1 Å². The van der Waals surface area contributed by atoms with Gasteiger partial charge in [0.15, 0.2) is 0 Å². The Balaban J connectivity index is 1.60. The summed E-state index contributed by atoms with van der Waals surface area (Å²) in [5.74, 6) is 0.732. The van der Waals surface area contributed by atoms with Crippen LogP contribution in [-0.4, -0.2) is 61.0 Å². The number of pyridine rings is 1. The predicted octanol–water partition coefficient (Wildman–Crippen LogP) is 0.609. The van der Waals surface area contributed by atoms with E-state index in [1.165, 1.54) is 12.8 Å². The molecule has 1 atom stereocenters. The Morgan fingerprint density at radius 3 is 2.68 bits per heavy atom. The lowest BCUT2D eigenvalue weighted by atomic mass is 9.96. The van der Waals surface area contributed by atoms with Gasteiger partial charge >= 0.3 is 0 Å². The quantitative estimate of drug-likeness (QED) is 0.816. The Labute approximate surface area is 148 Å². The molecule has 2 fully saturated rings. The number of nitrogens with zero attached hydrogens (tertiary/aromatic N) is 3. The molecule has 1 aromatic heterocycles. The van der Waals surface area contributed by atoms with E-state index < -0.39 is 0 Å². The van der Waals surface area contributed by atoms with Gasteiger partial charge in [-0.05, 0) is 37.8 Å². The minimum atomic E-state index is -0.152. The van der Waals surface area contributed by atoms with Crippen molar-refractivity contribution in [1.82, 2.24) is 15.2 Å². The highest BCUT2D eigenvalue weighted by Crippen LogP contribution is 2.21. The van der Waals surface area contributed by atoms with E-state index in [4.69, 9.17) is 5.73 Å². The summed E-state index contributed by atoms with van der Waals surface area (Å²) in [6.45, 7) is 4.12. The van der Waals surface area contributed by atoms with E-state index in [9.17, 15) is 9.59 Å². The summed E-state index contributed by atoms with van der Waals surface area (Å²) in [5.41, 5.74) is 6.01. The second-order valence-corrected chi connectivity index (χ2v) is 6.77. The van der Waals surface area contributed by atoms with Gasteiger partial charge in [-0.1, -0.05) is 0 Å². The van der Waals surface area contributed by atoms with E-state index in [-0.39, 0.29) is 17.7 Å². The zero-order chi connectivity index (χ0) is 17.6. The van der Waals surface area contributed by atoms with Crippen molar-refractivity contribution in [1.29, 1.82) is 0 Å². The summed E-state index contributed by atoms with van der Waals surface area (Å²) in [6, 6.07) is 3.77. The molecule has 25 heavy (non-hydrogen) atoms. The molecular weight excluding hydrogens is 318 g/mol. The molecule has 0 saturated carbocycles. The van der Waals surface area contributed by atoms with Gasteiger partial charge in [0.05, 0.1) is 11.5 Å². The van der Waals surface area contributed by atoms with Gasteiger partial charge in [0, 0.05) is 45.5 Å². The fraction of sp³-hybridized carbons (Fsp3) is 0.611. The number of hydrogen-bond donors (Lipinski definition) is 2. The second-order valence-electron chi connectivity index (χ2n) is 6.77. The van der Waals surface area contributed by atoms with Gasteiger partial charge in [-0.3, -0.25) is 9.59 Å². The molecule has 136 valence electrons. The van der Waals surface area contributed by atoms with Gasteiger partial charge in [-0.15, -0.1) is 0 Å². The van der Waals surface area contributed by atoms with E-state index in [2.05, 4.69) is 15.2 Å². The fourth-order valence-corrected chi connectivity index (χ4v) is 3.54. The number of rotatable bonds is 5. The van der Waals surface area contributed by atoms with Crippen molar-refractivity contribution in [2.75, 3.05) is 44.2 Å². The Kier molecular flexibility index (Phi) is 5.86. The highest BCUT2D eigenvalue weighted by molar-refractivity contribution is 5.94. The molecule has 3 rings (SSSR count). The number of likely N-dealkylation sites (tertiary alicyclic amines) is 1. The number of aromatic nitrogens is 1. The molecular formula is C18H27N5O2. The number of anilines is 1. The lowest BCUT2D eigenvalue weighted by Crippen LogP contribution is -2.46. The summed E-state index contributed by atoms with van der Waals surface area (Å²) in [4.78, 5) is 33.3. The smallest absolute Gasteiger partial charge is 0.255 e. The summed E-state index contributed by atoms with van der Waals surface area (Å²) in [7, 11) is 0. The fourth-order valence-electron chi connectivity index (χ4n) is 3.54. The van der Waals surface area contributed by atoms with Gasteiger partial charge in [0.1, 0.15) is 5.82 Å². The average molecular weight is 345 g/mol. The molecule has 7 nitrogen and oxygen atoms in total. The summed E-state index contributed by atoms with van der Waals surface area (Å²) < 4.78 is 0. The number of hydrogen-bond acceptors (Lipinski definition) is 5. The first kappa shape index (κ1) is 17.7. The van der Waals surface area contributed by atoms with E-state index in [0.29, 0.717) is 31.7 Å². The molecule has 0 aromatic carbocycles. The van der Waals surface area contributed by atoms with Crippen molar-refractivity contribution in [3.8, 4) is 0 Å². The number of amides is 2. The average Bonchev–Trinajstić information content (AvgIpc) is 3.20. The maximum absolute atomic E-state index is 12.7. The van der Waals surface area contributed by atoms with E-state index >= 15 is 0 Å². The molecule has 1 aromatic rings. The molecule has 3 heterocycles. The maximum atomic E-state index is 12.7. The first-order valence-corrected chi connectivity index (χ1v) is 9.17. The molecule has 0 radical (unpaired) electrons. The van der Waals surface area contributed by atoms with E-state index in [1.54, 1.807) is 11.1 Å². The molecule has 3 N–H and O–H groups in total. The molecule has 2 amide bonds. The number of nitrogens with one attached hydrogen (secondary N) is 1. The summed E-state index contributed by atoms with van der Waals surface area (Å²) >= 11 is 0. The molecule has 1 unspecified atom stereocenters. The van der Waals surface area contributed by atoms with Crippen LogP contribution < -0.4 is 16.0 Å². The third-order valence-corrected chi connectivity index (χ3v) is 4.95. The monoisotopic (exact) mass is 345 g/mol. The molecule has 0 spiro atoms. The normalized spacial score (nSPS) is 20.6. The minimum absolute atomic E-state index is 0.00884. The van der Waals surface area contributed by atoms with Crippen LogP contribution in [0.15, 0.2) is 18.3 Å². The van der Waals surface area contributed by atoms with Crippen LogP contribution in [-0.2, 0) is 4.79 Å². The Hall–Kier alpha value is -2.15. The van der Waals surface area contributed by atoms with Crippen LogP contribution in [0.5, 0.6) is 0 Å². The lowest BCUT2D eigenvalue weighted by Gasteiger charge is -2.32. The molecule has 7 heteroatoms. The topological polar surface area (TPSA) is 91.6 Å². The molecule has 2 aliphatic rings. The van der Waals surface area contributed by atoms with Crippen molar-refractivity contribution in [3.05, 3.63) is 23.9 Å².